The number of nitrogens with zero attached hydrogens (tertiary/aromatic N) is 4. The number of amides is 1. The van der Waals surface area contributed by atoms with Gasteiger partial charge in [-0.25, -0.2) is 14.8 Å². The maximum atomic E-state index is 11.7. The average Bonchev–Trinajstić information content (AvgIpc) is 2.60. The molecule has 1 N–H and O–H groups in total. The summed E-state index contributed by atoms with van der Waals surface area (Å²) in [5.74, 6) is 0.722. The van der Waals surface area contributed by atoms with Gasteiger partial charge in [-0.15, -0.1) is 0 Å². The van der Waals surface area contributed by atoms with Gasteiger partial charge in [0.1, 0.15) is 5.60 Å². The molecular formula is C19H25N5O2. The van der Waals surface area contributed by atoms with Gasteiger partial charge < -0.3 is 10.1 Å². The fourth-order valence-corrected chi connectivity index (χ4v) is 2.82. The summed E-state index contributed by atoms with van der Waals surface area (Å²) in [4.78, 5) is 27.2. The summed E-state index contributed by atoms with van der Waals surface area (Å²) in [6.45, 7) is 8.56. The summed E-state index contributed by atoms with van der Waals surface area (Å²) in [6, 6.07) is 3.82. The minimum Gasteiger partial charge on any atom is -0.444 e. The highest BCUT2D eigenvalue weighted by atomic mass is 16.6. The maximum absolute atomic E-state index is 11.7. The molecule has 0 atom stereocenters. The number of carbonyl (C=O) groups excluding carboxylic acids is 1. The molecule has 1 aliphatic heterocycles. The van der Waals surface area contributed by atoms with Crippen molar-refractivity contribution in [2.75, 3.05) is 19.6 Å². The Kier molecular flexibility index (Phi) is 5.46. The van der Waals surface area contributed by atoms with E-state index in [4.69, 9.17) is 9.72 Å². The molecule has 0 aliphatic carbocycles. The highest BCUT2D eigenvalue weighted by Gasteiger charge is 2.20. The van der Waals surface area contributed by atoms with E-state index in [1.54, 1.807) is 12.4 Å². The van der Waals surface area contributed by atoms with Crippen LogP contribution >= 0.6 is 0 Å². The molecule has 7 heteroatoms. The molecule has 3 rings (SSSR count). The van der Waals surface area contributed by atoms with Gasteiger partial charge in [0.15, 0.2) is 5.82 Å². The van der Waals surface area contributed by atoms with Crippen LogP contribution in [0.1, 0.15) is 32.0 Å². The van der Waals surface area contributed by atoms with E-state index in [2.05, 4.69) is 20.2 Å². The van der Waals surface area contributed by atoms with E-state index in [0.717, 1.165) is 43.1 Å². The van der Waals surface area contributed by atoms with Gasteiger partial charge in [-0.05, 0) is 44.9 Å². The van der Waals surface area contributed by atoms with Crippen LogP contribution in [0.3, 0.4) is 0 Å². The number of nitrogens with one attached hydrogen (secondary N) is 1. The van der Waals surface area contributed by atoms with Crippen LogP contribution in [0, 0.1) is 0 Å². The van der Waals surface area contributed by atoms with Crippen LogP contribution in [-0.4, -0.2) is 51.2 Å². The Hall–Kier alpha value is -2.54. The molecule has 0 bridgehead atoms. The topological polar surface area (TPSA) is 80.2 Å². The van der Waals surface area contributed by atoms with Crippen molar-refractivity contribution in [3.8, 4) is 11.4 Å². The van der Waals surface area contributed by atoms with Gasteiger partial charge in [0, 0.05) is 50.3 Å². The molecule has 0 saturated heterocycles. The number of pyridine rings is 1. The summed E-state index contributed by atoms with van der Waals surface area (Å²) in [7, 11) is 0. The molecule has 0 saturated carbocycles. The number of alkyl carbamates (subject to hydrolysis) is 1. The predicted octanol–water partition coefficient (Wildman–Crippen LogP) is 2.42. The molecule has 0 fully saturated rings. The molecule has 7 nitrogen and oxygen atoms in total. The molecule has 138 valence electrons. The van der Waals surface area contributed by atoms with E-state index in [1.165, 1.54) is 5.56 Å². The van der Waals surface area contributed by atoms with Crippen LogP contribution in [0.4, 0.5) is 4.79 Å². The van der Waals surface area contributed by atoms with Gasteiger partial charge in [-0.3, -0.25) is 9.88 Å². The summed E-state index contributed by atoms with van der Waals surface area (Å²) >= 11 is 0. The smallest absolute Gasteiger partial charge is 0.407 e. The quantitative estimate of drug-likeness (QED) is 0.907. The van der Waals surface area contributed by atoms with Crippen LogP contribution in [0.25, 0.3) is 11.4 Å². The average molecular weight is 355 g/mol. The molecule has 26 heavy (non-hydrogen) atoms. The van der Waals surface area contributed by atoms with Gasteiger partial charge in [-0.2, -0.15) is 0 Å². The van der Waals surface area contributed by atoms with E-state index in [9.17, 15) is 4.79 Å². The summed E-state index contributed by atoms with van der Waals surface area (Å²) in [5.41, 5.74) is 2.73. The fourth-order valence-electron chi connectivity index (χ4n) is 2.82. The third-order valence-electron chi connectivity index (χ3n) is 4.06. The van der Waals surface area contributed by atoms with Crippen molar-refractivity contribution >= 4 is 6.09 Å². The van der Waals surface area contributed by atoms with Crippen LogP contribution in [0.2, 0.25) is 0 Å². The standard InChI is InChI=1S/C19H25N5O2/c1-19(2,3)26-18(25)21-9-11-24-10-6-15-12-22-17(23-16(15)13-24)14-4-7-20-8-5-14/h4-5,7-8,12H,6,9-11,13H2,1-3H3,(H,21,25). The zero-order valence-corrected chi connectivity index (χ0v) is 15.5. The number of aromatic nitrogens is 3. The van der Waals surface area contributed by atoms with Gasteiger partial charge >= 0.3 is 6.09 Å². The number of rotatable bonds is 4. The van der Waals surface area contributed by atoms with E-state index in [1.807, 2.05) is 39.1 Å². The SMILES string of the molecule is CC(C)(C)OC(=O)NCCN1CCc2cnc(-c3ccncc3)nc2C1. The second-order valence-corrected chi connectivity index (χ2v) is 7.36. The Bertz CT molecular complexity index is 758. The minimum absolute atomic E-state index is 0.378. The van der Waals surface area contributed by atoms with Crippen molar-refractivity contribution in [2.24, 2.45) is 0 Å². The molecule has 0 aromatic carbocycles. The van der Waals surface area contributed by atoms with Crippen molar-refractivity contribution < 1.29 is 9.53 Å². The summed E-state index contributed by atoms with van der Waals surface area (Å²) in [6.07, 6.45) is 5.95. The number of fused-ring (bicyclic) bond motifs is 1. The normalized spacial score (nSPS) is 14.6. The lowest BCUT2D eigenvalue weighted by molar-refractivity contribution is 0.0521. The molecule has 1 amide bonds. The Morgan fingerprint density at radius 1 is 1.31 bits per heavy atom. The maximum Gasteiger partial charge on any atom is 0.407 e. The van der Waals surface area contributed by atoms with Crippen molar-refractivity contribution in [3.05, 3.63) is 42.0 Å². The second kappa shape index (κ2) is 7.78. The zero-order valence-electron chi connectivity index (χ0n) is 15.5. The van der Waals surface area contributed by atoms with Crippen LogP contribution < -0.4 is 5.32 Å². The van der Waals surface area contributed by atoms with Gasteiger partial charge in [0.25, 0.3) is 0 Å². The summed E-state index contributed by atoms with van der Waals surface area (Å²) < 4.78 is 5.25. The fraction of sp³-hybridized carbons (Fsp3) is 0.474. The molecule has 0 unspecified atom stereocenters. The molecule has 0 radical (unpaired) electrons. The molecule has 2 aromatic rings. The highest BCUT2D eigenvalue weighted by molar-refractivity contribution is 5.67. The van der Waals surface area contributed by atoms with Crippen molar-refractivity contribution in [1.29, 1.82) is 0 Å². The number of carbonyl (C=O) groups is 1. The van der Waals surface area contributed by atoms with Crippen LogP contribution in [0.5, 0.6) is 0 Å². The van der Waals surface area contributed by atoms with Crippen molar-refractivity contribution in [3.63, 3.8) is 0 Å². The predicted molar refractivity (Wildman–Crippen MR) is 98.5 cm³/mol. The lowest BCUT2D eigenvalue weighted by Crippen LogP contribution is -2.40. The monoisotopic (exact) mass is 355 g/mol. The first kappa shape index (κ1) is 18.3. The Morgan fingerprint density at radius 2 is 2.08 bits per heavy atom. The molecule has 3 heterocycles. The van der Waals surface area contributed by atoms with E-state index in [0.29, 0.717) is 6.54 Å². The highest BCUT2D eigenvalue weighted by Crippen LogP contribution is 2.20. The molecule has 1 aliphatic rings. The number of ether oxygens (including phenoxy) is 1. The third kappa shape index (κ3) is 4.98. The first-order valence-corrected chi connectivity index (χ1v) is 8.85. The van der Waals surface area contributed by atoms with Gasteiger partial charge in [0.2, 0.25) is 0 Å². The third-order valence-corrected chi connectivity index (χ3v) is 4.06. The molecule has 0 spiro atoms. The Morgan fingerprint density at radius 3 is 2.81 bits per heavy atom. The van der Waals surface area contributed by atoms with Crippen LogP contribution in [0.15, 0.2) is 30.7 Å². The largest absolute Gasteiger partial charge is 0.444 e. The van der Waals surface area contributed by atoms with E-state index in [-0.39, 0.29) is 6.09 Å². The van der Waals surface area contributed by atoms with Gasteiger partial charge in [0.05, 0.1) is 5.69 Å². The van der Waals surface area contributed by atoms with Crippen molar-refractivity contribution in [1.82, 2.24) is 25.2 Å². The first-order valence-electron chi connectivity index (χ1n) is 8.85. The second-order valence-electron chi connectivity index (χ2n) is 7.36. The Balaban J connectivity index is 1.56. The van der Waals surface area contributed by atoms with Gasteiger partial charge in [-0.1, -0.05) is 0 Å². The molecule has 2 aromatic heterocycles. The zero-order chi connectivity index (χ0) is 18.6. The summed E-state index contributed by atoms with van der Waals surface area (Å²) in [5, 5.41) is 2.81. The van der Waals surface area contributed by atoms with E-state index >= 15 is 0 Å². The minimum atomic E-state index is -0.478. The first-order chi connectivity index (χ1) is 12.4. The molecular weight excluding hydrogens is 330 g/mol. The van der Waals surface area contributed by atoms with Crippen molar-refractivity contribution in [2.45, 2.75) is 39.3 Å². The lowest BCUT2D eigenvalue weighted by Gasteiger charge is -2.28. The lowest BCUT2D eigenvalue weighted by atomic mass is 10.1. The Labute approximate surface area is 153 Å². The van der Waals surface area contributed by atoms with E-state index < -0.39 is 5.60 Å². The van der Waals surface area contributed by atoms with Crippen LogP contribution in [-0.2, 0) is 17.7 Å². The number of hydrogen-bond acceptors (Lipinski definition) is 6. The number of hydrogen-bond donors (Lipinski definition) is 1.